The fraction of sp³-hybridized carbons (Fsp3) is 0.382. The molecule has 1 unspecified atom stereocenters. The van der Waals surface area contributed by atoms with Crippen LogP contribution in [0.4, 0.5) is 4.79 Å². The molecule has 1 saturated heterocycles. The lowest BCUT2D eigenvalue weighted by Gasteiger charge is -2.32. The van der Waals surface area contributed by atoms with Crippen molar-refractivity contribution in [3.63, 3.8) is 0 Å². The molecule has 218 valence electrons. The van der Waals surface area contributed by atoms with Crippen molar-refractivity contribution in [1.82, 2.24) is 15.5 Å². The van der Waals surface area contributed by atoms with Crippen molar-refractivity contribution in [3.05, 3.63) is 95.6 Å². The van der Waals surface area contributed by atoms with Crippen LogP contribution in [0.1, 0.15) is 54.7 Å². The first-order valence-electron chi connectivity index (χ1n) is 14.8. The van der Waals surface area contributed by atoms with E-state index >= 15 is 0 Å². The highest BCUT2D eigenvalue weighted by Crippen LogP contribution is 2.44. The largest absolute Gasteiger partial charge is 0.479 e. The minimum Gasteiger partial charge on any atom is -0.479 e. The zero-order valence-corrected chi connectivity index (χ0v) is 23.6. The monoisotopic (exact) mass is 567 g/mol. The molecule has 2 aliphatic carbocycles. The van der Waals surface area contributed by atoms with Gasteiger partial charge in [-0.25, -0.2) is 9.59 Å². The molecule has 1 saturated carbocycles. The van der Waals surface area contributed by atoms with E-state index in [0.29, 0.717) is 32.4 Å². The Morgan fingerprint density at radius 3 is 2.26 bits per heavy atom. The molecule has 1 aliphatic heterocycles. The van der Waals surface area contributed by atoms with E-state index in [1.165, 1.54) is 11.1 Å². The number of fused-ring (bicyclic) bond motifs is 3. The number of carboxylic acid groups (broad SMARTS) is 1. The van der Waals surface area contributed by atoms with Gasteiger partial charge in [0.25, 0.3) is 0 Å². The first-order valence-corrected chi connectivity index (χ1v) is 14.8. The van der Waals surface area contributed by atoms with Gasteiger partial charge in [-0.2, -0.15) is 0 Å². The summed E-state index contributed by atoms with van der Waals surface area (Å²) in [6.45, 7) is 1.73. The summed E-state index contributed by atoms with van der Waals surface area (Å²) >= 11 is 0. The van der Waals surface area contributed by atoms with Crippen LogP contribution in [0.15, 0.2) is 78.9 Å². The lowest BCUT2D eigenvalue weighted by Crippen LogP contribution is -2.58. The van der Waals surface area contributed by atoms with Gasteiger partial charge in [0.1, 0.15) is 6.61 Å². The Morgan fingerprint density at radius 2 is 1.57 bits per heavy atom. The Labute approximate surface area is 246 Å². The number of ether oxygens (including phenoxy) is 1. The number of likely N-dealkylation sites (tertiary alicyclic amines) is 1. The maximum absolute atomic E-state index is 13.4. The van der Waals surface area contributed by atoms with Gasteiger partial charge >= 0.3 is 12.1 Å². The quantitative estimate of drug-likeness (QED) is 0.356. The minimum absolute atomic E-state index is 0.0203. The van der Waals surface area contributed by atoms with Gasteiger partial charge in [0.2, 0.25) is 5.91 Å². The highest BCUT2D eigenvalue weighted by Gasteiger charge is 2.47. The van der Waals surface area contributed by atoms with Gasteiger partial charge < -0.3 is 20.5 Å². The third-order valence-electron chi connectivity index (χ3n) is 9.08. The average molecular weight is 568 g/mol. The van der Waals surface area contributed by atoms with Crippen LogP contribution in [0.2, 0.25) is 0 Å². The Hall–Kier alpha value is -4.17. The molecular weight excluding hydrogens is 530 g/mol. The number of hydrogen-bond donors (Lipinski definition) is 3. The van der Waals surface area contributed by atoms with Crippen LogP contribution in [-0.2, 0) is 20.9 Å². The van der Waals surface area contributed by atoms with E-state index in [1.54, 1.807) is 0 Å². The van der Waals surface area contributed by atoms with Gasteiger partial charge in [-0.1, -0.05) is 85.3 Å². The second-order valence-electron chi connectivity index (χ2n) is 11.9. The second kappa shape index (κ2) is 12.0. The van der Waals surface area contributed by atoms with Gasteiger partial charge in [-0.15, -0.1) is 0 Å². The molecule has 0 aromatic heterocycles. The van der Waals surface area contributed by atoms with Crippen LogP contribution in [0.3, 0.4) is 0 Å². The van der Waals surface area contributed by atoms with Crippen LogP contribution in [0, 0.1) is 5.92 Å². The standard InChI is InChI=1S/C34H37N3O5/c38-31(36-34(32(39)40)17-18-37(22-34)20-23-9-2-1-3-10-23)24-11-8-12-25(19-24)35-33(41)42-21-30-28-15-6-4-13-26(28)27-14-5-7-16-29(27)30/h1-7,9-10,13-16,24-25,30H,8,11-12,17-22H2,(H,35,41)(H,36,38)(H,39,40)/t24-,25-,34?/m1/s1. The first-order chi connectivity index (χ1) is 20.4. The maximum atomic E-state index is 13.4. The van der Waals surface area contributed by atoms with Gasteiger partial charge in [0.15, 0.2) is 5.54 Å². The second-order valence-corrected chi connectivity index (χ2v) is 11.9. The van der Waals surface area contributed by atoms with Gasteiger partial charge in [0.05, 0.1) is 0 Å². The molecule has 42 heavy (non-hydrogen) atoms. The average Bonchev–Trinajstić information content (AvgIpc) is 3.56. The first kappa shape index (κ1) is 28.0. The van der Waals surface area contributed by atoms with Crippen LogP contribution >= 0.6 is 0 Å². The number of carbonyl (C=O) groups excluding carboxylic acids is 2. The van der Waals surface area contributed by atoms with E-state index in [0.717, 1.165) is 29.5 Å². The highest BCUT2D eigenvalue weighted by molar-refractivity contribution is 5.89. The van der Waals surface area contributed by atoms with Crippen molar-refractivity contribution in [2.24, 2.45) is 5.92 Å². The Morgan fingerprint density at radius 1 is 0.905 bits per heavy atom. The van der Waals surface area contributed by atoms with Crippen LogP contribution < -0.4 is 10.6 Å². The molecule has 3 aromatic carbocycles. The molecule has 3 atom stereocenters. The molecule has 3 N–H and O–H groups in total. The molecule has 8 heteroatoms. The van der Waals surface area contributed by atoms with Gasteiger partial charge in [0, 0.05) is 37.5 Å². The molecule has 1 heterocycles. The van der Waals surface area contributed by atoms with Crippen LogP contribution in [-0.4, -0.2) is 59.3 Å². The molecule has 3 aliphatic rings. The lowest BCUT2D eigenvalue weighted by atomic mass is 9.84. The van der Waals surface area contributed by atoms with Crippen molar-refractivity contribution in [2.75, 3.05) is 19.7 Å². The molecule has 2 fully saturated rings. The van der Waals surface area contributed by atoms with Crippen molar-refractivity contribution >= 4 is 18.0 Å². The predicted molar refractivity (Wildman–Crippen MR) is 159 cm³/mol. The zero-order valence-electron chi connectivity index (χ0n) is 23.6. The molecule has 0 spiro atoms. The van der Waals surface area contributed by atoms with Crippen LogP contribution in [0.25, 0.3) is 11.1 Å². The summed E-state index contributed by atoms with van der Waals surface area (Å²) in [5.41, 5.74) is 4.46. The summed E-state index contributed by atoms with van der Waals surface area (Å²) in [4.78, 5) is 40.7. The number of alkyl carbamates (subject to hydrolysis) is 1. The topological polar surface area (TPSA) is 108 Å². The van der Waals surface area contributed by atoms with E-state index in [4.69, 9.17) is 4.74 Å². The Bertz CT molecular complexity index is 1410. The normalized spacial score (nSPS) is 23.5. The van der Waals surface area contributed by atoms with Crippen LogP contribution in [0.5, 0.6) is 0 Å². The van der Waals surface area contributed by atoms with E-state index in [9.17, 15) is 19.5 Å². The number of carbonyl (C=O) groups is 3. The number of carboxylic acids is 1. The fourth-order valence-corrected chi connectivity index (χ4v) is 6.90. The van der Waals surface area contributed by atoms with E-state index in [-0.39, 0.29) is 36.9 Å². The fourth-order valence-electron chi connectivity index (χ4n) is 6.90. The number of nitrogens with one attached hydrogen (secondary N) is 2. The molecule has 3 aromatic rings. The molecule has 2 amide bonds. The summed E-state index contributed by atoms with van der Waals surface area (Å²) in [5.74, 6) is -1.64. The summed E-state index contributed by atoms with van der Waals surface area (Å²) in [6, 6.07) is 26.1. The van der Waals surface area contributed by atoms with E-state index in [1.807, 2.05) is 54.6 Å². The number of amides is 2. The van der Waals surface area contributed by atoms with E-state index < -0.39 is 17.6 Å². The van der Waals surface area contributed by atoms with Crippen molar-refractivity contribution < 1.29 is 24.2 Å². The minimum atomic E-state index is -1.31. The third kappa shape index (κ3) is 5.77. The zero-order chi connectivity index (χ0) is 29.1. The summed E-state index contributed by atoms with van der Waals surface area (Å²) < 4.78 is 5.72. The molecule has 0 radical (unpaired) electrons. The Balaban J connectivity index is 1.03. The SMILES string of the molecule is O=C(N[C@@H]1CCC[C@@H](C(=O)NC2(C(=O)O)CCN(Cc3ccccc3)C2)C1)OCC1c2ccccc2-c2ccccc21. The predicted octanol–water partition coefficient (Wildman–Crippen LogP) is 4.93. The molecular formula is C34H37N3O5. The third-order valence-corrected chi connectivity index (χ3v) is 9.08. The number of aliphatic carboxylic acids is 1. The van der Waals surface area contributed by atoms with E-state index in [2.05, 4.69) is 39.8 Å². The Kier molecular flexibility index (Phi) is 7.98. The van der Waals surface area contributed by atoms with Gasteiger partial charge in [-0.05, 0) is 53.5 Å². The highest BCUT2D eigenvalue weighted by atomic mass is 16.5. The molecule has 6 rings (SSSR count). The van der Waals surface area contributed by atoms with Crippen molar-refractivity contribution in [1.29, 1.82) is 0 Å². The number of hydrogen-bond acceptors (Lipinski definition) is 5. The van der Waals surface area contributed by atoms with Crippen molar-refractivity contribution in [2.45, 2.75) is 56.1 Å². The maximum Gasteiger partial charge on any atom is 0.407 e. The summed E-state index contributed by atoms with van der Waals surface area (Å²) in [6.07, 6.45) is 2.51. The number of rotatable bonds is 8. The summed E-state index contributed by atoms with van der Waals surface area (Å²) in [5, 5.41) is 16.0. The van der Waals surface area contributed by atoms with Gasteiger partial charge in [-0.3, -0.25) is 9.69 Å². The number of benzene rings is 3. The molecule has 8 nitrogen and oxygen atoms in total. The smallest absolute Gasteiger partial charge is 0.407 e. The molecule has 0 bridgehead atoms. The summed E-state index contributed by atoms with van der Waals surface area (Å²) in [7, 11) is 0. The van der Waals surface area contributed by atoms with Crippen molar-refractivity contribution in [3.8, 4) is 11.1 Å². The lowest BCUT2D eigenvalue weighted by molar-refractivity contribution is -0.148. The number of nitrogens with zero attached hydrogens (tertiary/aromatic N) is 1.